The molecule has 2 aromatic carbocycles. The van der Waals surface area contributed by atoms with E-state index in [1.807, 2.05) is 37.3 Å². The van der Waals surface area contributed by atoms with Crippen LogP contribution in [0.3, 0.4) is 0 Å². The number of aromatic hydroxyl groups is 1. The van der Waals surface area contributed by atoms with Gasteiger partial charge in [-0.1, -0.05) is 37.1 Å². The molecule has 8 heteroatoms. The van der Waals surface area contributed by atoms with Crippen molar-refractivity contribution in [2.75, 3.05) is 5.32 Å². The molecule has 1 fully saturated rings. The molecule has 2 amide bonds. The summed E-state index contributed by atoms with van der Waals surface area (Å²) in [6.07, 6.45) is 7.31. The van der Waals surface area contributed by atoms with Gasteiger partial charge in [0.2, 0.25) is 0 Å². The monoisotopic (exact) mass is 495 g/mol. The molecule has 2 heterocycles. The highest BCUT2D eigenvalue weighted by Crippen LogP contribution is 2.38. The first-order chi connectivity index (χ1) is 18.0. The highest BCUT2D eigenvalue weighted by Gasteiger charge is 2.26. The molecule has 4 aromatic rings. The van der Waals surface area contributed by atoms with Crippen LogP contribution in [0, 0.1) is 6.92 Å². The number of carbonyl (C=O) groups is 2. The molecule has 37 heavy (non-hydrogen) atoms. The van der Waals surface area contributed by atoms with E-state index in [-0.39, 0.29) is 23.6 Å². The van der Waals surface area contributed by atoms with Crippen molar-refractivity contribution < 1.29 is 14.7 Å². The van der Waals surface area contributed by atoms with Crippen molar-refractivity contribution in [2.24, 2.45) is 0 Å². The number of amides is 2. The van der Waals surface area contributed by atoms with E-state index in [9.17, 15) is 14.7 Å². The van der Waals surface area contributed by atoms with Crippen LogP contribution in [0.1, 0.15) is 58.8 Å². The van der Waals surface area contributed by atoms with Crippen molar-refractivity contribution in [1.82, 2.24) is 20.1 Å². The Hall–Kier alpha value is -4.46. The number of nitrogens with one attached hydrogen (secondary N) is 2. The zero-order valence-electron chi connectivity index (χ0n) is 20.6. The summed E-state index contributed by atoms with van der Waals surface area (Å²) in [6.45, 7) is 2.41. The predicted molar refractivity (Wildman–Crippen MR) is 142 cm³/mol. The summed E-state index contributed by atoms with van der Waals surface area (Å²) in [4.78, 5) is 29.8. The molecule has 188 valence electrons. The number of phenols is 1. The number of benzene rings is 2. The lowest BCUT2D eigenvalue weighted by atomic mass is 10.0. The van der Waals surface area contributed by atoms with Crippen molar-refractivity contribution in [1.29, 1.82) is 0 Å². The molecule has 2 aromatic heterocycles. The second-order valence-corrected chi connectivity index (χ2v) is 9.35. The number of anilines is 1. The fourth-order valence-electron chi connectivity index (χ4n) is 4.78. The second-order valence-electron chi connectivity index (χ2n) is 9.35. The van der Waals surface area contributed by atoms with E-state index in [1.54, 1.807) is 36.7 Å². The third-order valence-electron chi connectivity index (χ3n) is 6.87. The highest BCUT2D eigenvalue weighted by molar-refractivity contribution is 6.04. The van der Waals surface area contributed by atoms with Crippen molar-refractivity contribution in [3.05, 3.63) is 95.4 Å². The fraction of sp³-hybridized carbons (Fsp3) is 0.241. The van der Waals surface area contributed by atoms with Crippen LogP contribution in [0.4, 0.5) is 10.5 Å². The topological polar surface area (TPSA) is 109 Å². The lowest BCUT2D eigenvalue weighted by molar-refractivity contribution is 0.102. The average Bonchev–Trinajstić information content (AvgIpc) is 3.60. The van der Waals surface area contributed by atoms with Crippen LogP contribution >= 0.6 is 0 Å². The van der Waals surface area contributed by atoms with E-state index in [1.165, 1.54) is 10.7 Å². The number of pyridine rings is 1. The number of aryl methyl sites for hydroxylation is 1. The Balaban J connectivity index is 1.43. The third kappa shape index (κ3) is 5.38. The van der Waals surface area contributed by atoms with E-state index in [4.69, 9.17) is 0 Å². The van der Waals surface area contributed by atoms with Crippen molar-refractivity contribution >= 4 is 17.6 Å². The minimum atomic E-state index is -0.307. The molecule has 0 radical (unpaired) electrons. The summed E-state index contributed by atoms with van der Waals surface area (Å²) in [5, 5.41) is 21.1. The van der Waals surface area contributed by atoms with Gasteiger partial charge in [-0.2, -0.15) is 9.78 Å². The van der Waals surface area contributed by atoms with E-state index < -0.39 is 0 Å². The number of hydrogen-bond acceptors (Lipinski definition) is 5. The number of phenolic OH excluding ortho intramolecular Hbond substituents is 1. The SMILES string of the molecule is Cc1ccccc1CNC(=O)n1nc(-c2cc(NC(=O)c3ccncc3)ccc2O)cc1C1CCCC1. The van der Waals surface area contributed by atoms with Crippen molar-refractivity contribution in [3.8, 4) is 17.0 Å². The molecule has 0 saturated heterocycles. The lowest BCUT2D eigenvalue weighted by Gasteiger charge is -2.13. The molecule has 3 N–H and O–H groups in total. The Bertz CT molecular complexity index is 1420. The summed E-state index contributed by atoms with van der Waals surface area (Å²) in [7, 11) is 0. The van der Waals surface area contributed by atoms with Crippen LogP contribution in [0.2, 0.25) is 0 Å². The van der Waals surface area contributed by atoms with Gasteiger partial charge in [-0.05, 0) is 67.3 Å². The van der Waals surface area contributed by atoms with Crippen LogP contribution in [-0.4, -0.2) is 31.8 Å². The van der Waals surface area contributed by atoms with Crippen LogP contribution in [0.25, 0.3) is 11.3 Å². The van der Waals surface area contributed by atoms with Gasteiger partial charge in [0.15, 0.2) is 0 Å². The molecule has 0 unspecified atom stereocenters. The minimum absolute atomic E-state index is 0.0184. The third-order valence-corrected chi connectivity index (χ3v) is 6.87. The fourth-order valence-corrected chi connectivity index (χ4v) is 4.78. The van der Waals surface area contributed by atoms with Crippen molar-refractivity contribution in [2.45, 2.75) is 45.1 Å². The molecular formula is C29H29N5O3. The molecular weight excluding hydrogens is 466 g/mol. The molecule has 8 nitrogen and oxygen atoms in total. The van der Waals surface area contributed by atoms with Crippen LogP contribution in [0.15, 0.2) is 73.1 Å². The molecule has 5 rings (SSSR count). The quantitative estimate of drug-likeness (QED) is 0.301. The summed E-state index contributed by atoms with van der Waals surface area (Å²) in [5.41, 5.74) is 4.89. The zero-order valence-corrected chi connectivity index (χ0v) is 20.6. The zero-order chi connectivity index (χ0) is 25.8. The van der Waals surface area contributed by atoms with E-state index >= 15 is 0 Å². The Morgan fingerprint density at radius 2 is 1.78 bits per heavy atom. The molecule has 1 saturated carbocycles. The summed E-state index contributed by atoms with van der Waals surface area (Å²) in [6, 6.07) is 17.6. The Morgan fingerprint density at radius 3 is 2.54 bits per heavy atom. The lowest BCUT2D eigenvalue weighted by Crippen LogP contribution is -2.31. The van der Waals surface area contributed by atoms with Gasteiger partial charge < -0.3 is 15.7 Å². The summed E-state index contributed by atoms with van der Waals surface area (Å²) in [5.74, 6) is -0.0428. The summed E-state index contributed by atoms with van der Waals surface area (Å²) < 4.78 is 1.44. The van der Waals surface area contributed by atoms with Gasteiger partial charge in [0.25, 0.3) is 5.91 Å². The van der Waals surface area contributed by atoms with Crippen LogP contribution in [-0.2, 0) is 6.54 Å². The smallest absolute Gasteiger partial charge is 0.342 e. The molecule has 0 atom stereocenters. The summed E-state index contributed by atoms with van der Waals surface area (Å²) >= 11 is 0. The first-order valence-corrected chi connectivity index (χ1v) is 12.5. The van der Waals surface area contributed by atoms with E-state index in [0.717, 1.165) is 42.5 Å². The number of nitrogens with zero attached hydrogens (tertiary/aromatic N) is 3. The Labute approximate surface area is 215 Å². The standard InChI is InChI=1S/C29H29N5O3/c1-19-6-2-3-9-22(19)18-31-29(37)34-26(20-7-4-5-8-20)17-25(33-34)24-16-23(10-11-27(24)35)32-28(36)21-12-14-30-15-13-21/h2-3,6,9-17,20,35H,4-5,7-8,18H2,1H3,(H,31,37)(H,32,36). The Morgan fingerprint density at radius 1 is 1.03 bits per heavy atom. The largest absolute Gasteiger partial charge is 0.507 e. The minimum Gasteiger partial charge on any atom is -0.507 e. The normalized spacial score (nSPS) is 13.4. The second kappa shape index (κ2) is 10.7. The first-order valence-electron chi connectivity index (χ1n) is 12.5. The number of rotatable bonds is 6. The molecule has 0 bridgehead atoms. The van der Waals surface area contributed by atoms with E-state index in [0.29, 0.717) is 29.1 Å². The van der Waals surface area contributed by atoms with Gasteiger partial charge in [0, 0.05) is 41.7 Å². The van der Waals surface area contributed by atoms with Crippen LogP contribution in [0.5, 0.6) is 5.75 Å². The highest BCUT2D eigenvalue weighted by atomic mass is 16.3. The van der Waals surface area contributed by atoms with E-state index in [2.05, 4.69) is 20.7 Å². The number of carbonyl (C=O) groups excluding carboxylic acids is 2. The maximum absolute atomic E-state index is 13.3. The van der Waals surface area contributed by atoms with Crippen LogP contribution < -0.4 is 10.6 Å². The number of hydrogen-bond donors (Lipinski definition) is 3. The molecule has 0 aliphatic heterocycles. The number of aromatic nitrogens is 3. The van der Waals surface area contributed by atoms with Gasteiger partial charge in [0.1, 0.15) is 5.75 Å². The van der Waals surface area contributed by atoms with Gasteiger partial charge >= 0.3 is 6.03 Å². The maximum atomic E-state index is 13.3. The van der Waals surface area contributed by atoms with Gasteiger partial charge in [-0.25, -0.2) is 4.79 Å². The first kappa shape index (κ1) is 24.2. The molecule has 1 aliphatic rings. The molecule has 0 spiro atoms. The van der Waals surface area contributed by atoms with Gasteiger partial charge in [-0.3, -0.25) is 9.78 Å². The van der Waals surface area contributed by atoms with Gasteiger partial charge in [-0.15, -0.1) is 0 Å². The Kier molecular flexibility index (Phi) is 6.98. The maximum Gasteiger partial charge on any atom is 0.342 e. The molecule has 1 aliphatic carbocycles. The predicted octanol–water partition coefficient (Wildman–Crippen LogP) is 5.63. The van der Waals surface area contributed by atoms with Crippen molar-refractivity contribution in [3.63, 3.8) is 0 Å². The average molecular weight is 496 g/mol. The van der Waals surface area contributed by atoms with Gasteiger partial charge in [0.05, 0.1) is 11.4 Å².